The van der Waals surface area contributed by atoms with Crippen molar-refractivity contribution >= 4 is 5.78 Å². The van der Waals surface area contributed by atoms with Gasteiger partial charge < -0.3 is 0 Å². The molecule has 1 aliphatic heterocycles. The van der Waals surface area contributed by atoms with E-state index in [2.05, 4.69) is 25.7 Å². The van der Waals surface area contributed by atoms with Gasteiger partial charge in [-0.1, -0.05) is 0 Å². The molecular formula is C11H19NO. The first-order valence-electron chi connectivity index (χ1n) is 5.24. The Bertz CT molecular complexity index is 240. The van der Waals surface area contributed by atoms with Crippen LogP contribution in [0.25, 0.3) is 0 Å². The highest BCUT2D eigenvalue weighted by molar-refractivity contribution is 5.80. The second kappa shape index (κ2) is 2.57. The number of Topliss-reactive ketones (excluding diaryl/α,β-unsaturated/α-hetero) is 1. The van der Waals surface area contributed by atoms with E-state index in [0.29, 0.717) is 11.3 Å². The lowest BCUT2D eigenvalue weighted by atomic mass is 9.87. The lowest BCUT2D eigenvalue weighted by molar-refractivity contribution is -0.127. The Labute approximate surface area is 80.3 Å². The third-order valence-corrected chi connectivity index (χ3v) is 3.60. The van der Waals surface area contributed by atoms with Gasteiger partial charge in [0.05, 0.1) is 0 Å². The minimum Gasteiger partial charge on any atom is -0.300 e. The van der Waals surface area contributed by atoms with Crippen LogP contribution < -0.4 is 0 Å². The third kappa shape index (κ3) is 1.52. The maximum Gasteiger partial charge on any atom is 0.136 e. The number of carbonyl (C=O) groups is 1. The molecule has 0 unspecified atom stereocenters. The molecule has 13 heavy (non-hydrogen) atoms. The lowest BCUT2D eigenvalue weighted by Gasteiger charge is -2.46. The fraction of sp³-hybridized carbons (Fsp3) is 0.909. The molecule has 0 aromatic heterocycles. The summed E-state index contributed by atoms with van der Waals surface area (Å²) in [5, 5.41) is 0. The molecule has 0 aromatic rings. The number of nitrogens with zero attached hydrogens (tertiary/aromatic N) is 1. The van der Waals surface area contributed by atoms with Gasteiger partial charge in [-0.2, -0.15) is 0 Å². The van der Waals surface area contributed by atoms with Crippen molar-refractivity contribution in [1.29, 1.82) is 0 Å². The summed E-state index contributed by atoms with van der Waals surface area (Å²) in [6.45, 7) is 7.70. The molecule has 1 saturated heterocycles. The molecule has 1 saturated carbocycles. The van der Waals surface area contributed by atoms with Crippen LogP contribution in [0.4, 0.5) is 0 Å². The van der Waals surface area contributed by atoms with E-state index < -0.39 is 0 Å². The normalized spacial score (nSPS) is 31.8. The number of likely N-dealkylation sites (tertiary alicyclic amines) is 1. The molecule has 0 aromatic carbocycles. The predicted molar refractivity (Wildman–Crippen MR) is 52.7 cm³/mol. The molecule has 2 rings (SSSR count). The Morgan fingerprint density at radius 2 is 1.85 bits per heavy atom. The second-order valence-corrected chi connectivity index (χ2v) is 5.43. The van der Waals surface area contributed by atoms with Crippen LogP contribution in [0.1, 0.15) is 46.5 Å². The molecule has 2 fully saturated rings. The van der Waals surface area contributed by atoms with Crippen LogP contribution in [0.15, 0.2) is 0 Å². The van der Waals surface area contributed by atoms with Crippen LogP contribution in [0.3, 0.4) is 0 Å². The van der Waals surface area contributed by atoms with Crippen molar-refractivity contribution in [3.8, 4) is 0 Å². The molecule has 0 amide bonds. The number of ketones is 1. The highest BCUT2D eigenvalue weighted by atomic mass is 16.1. The second-order valence-electron chi connectivity index (χ2n) is 5.43. The molecule has 74 valence electrons. The van der Waals surface area contributed by atoms with Gasteiger partial charge in [0.2, 0.25) is 0 Å². The summed E-state index contributed by atoms with van der Waals surface area (Å²) < 4.78 is 0. The minimum absolute atomic E-state index is 0.0978. The van der Waals surface area contributed by atoms with Gasteiger partial charge in [0.25, 0.3) is 0 Å². The summed E-state index contributed by atoms with van der Waals surface area (Å²) in [5.74, 6) is 0.436. The van der Waals surface area contributed by atoms with Crippen LogP contribution in [-0.4, -0.2) is 28.3 Å². The summed E-state index contributed by atoms with van der Waals surface area (Å²) in [6.07, 6.45) is 4.12. The Kier molecular flexibility index (Phi) is 1.82. The van der Waals surface area contributed by atoms with Crippen molar-refractivity contribution in [3.05, 3.63) is 0 Å². The number of hydrogen-bond acceptors (Lipinski definition) is 2. The average Bonchev–Trinajstić information content (AvgIpc) is 2.65. The van der Waals surface area contributed by atoms with E-state index in [9.17, 15) is 4.79 Å². The molecule has 0 N–H and O–H groups in total. The van der Waals surface area contributed by atoms with Gasteiger partial charge in [-0.15, -0.1) is 0 Å². The summed E-state index contributed by atoms with van der Waals surface area (Å²) in [7, 11) is 0. The molecule has 0 spiro atoms. The Morgan fingerprint density at radius 3 is 2.31 bits per heavy atom. The van der Waals surface area contributed by atoms with E-state index in [1.165, 1.54) is 12.8 Å². The first kappa shape index (κ1) is 9.20. The molecule has 2 nitrogen and oxygen atoms in total. The van der Waals surface area contributed by atoms with E-state index in [4.69, 9.17) is 0 Å². The van der Waals surface area contributed by atoms with Crippen LogP contribution >= 0.6 is 0 Å². The Balaban J connectivity index is 2.15. The summed E-state index contributed by atoms with van der Waals surface area (Å²) >= 11 is 0. The van der Waals surface area contributed by atoms with E-state index >= 15 is 0 Å². The van der Waals surface area contributed by atoms with Gasteiger partial charge in [0.15, 0.2) is 0 Å². The topological polar surface area (TPSA) is 20.3 Å². The number of rotatable bonds is 1. The first-order valence-corrected chi connectivity index (χ1v) is 5.24. The van der Waals surface area contributed by atoms with Crippen molar-refractivity contribution in [1.82, 2.24) is 4.90 Å². The van der Waals surface area contributed by atoms with Crippen LogP contribution in [0.2, 0.25) is 0 Å². The molecule has 1 heterocycles. The van der Waals surface area contributed by atoms with Crippen LogP contribution in [-0.2, 0) is 4.79 Å². The molecule has 0 radical (unpaired) electrons. The van der Waals surface area contributed by atoms with Crippen molar-refractivity contribution in [2.24, 2.45) is 0 Å². The Hall–Kier alpha value is -0.370. The highest BCUT2D eigenvalue weighted by Gasteiger charge is 2.50. The fourth-order valence-corrected chi connectivity index (χ4v) is 2.66. The van der Waals surface area contributed by atoms with Gasteiger partial charge in [0.1, 0.15) is 5.78 Å². The maximum atomic E-state index is 11.3. The van der Waals surface area contributed by atoms with Crippen molar-refractivity contribution in [2.75, 3.05) is 6.54 Å². The lowest BCUT2D eigenvalue weighted by Crippen LogP contribution is -2.55. The van der Waals surface area contributed by atoms with Gasteiger partial charge in [-0.25, -0.2) is 0 Å². The molecule has 2 heteroatoms. The fourth-order valence-electron chi connectivity index (χ4n) is 2.66. The number of carbonyl (C=O) groups excluding carboxylic acids is 1. The number of piperidine rings is 1. The smallest absolute Gasteiger partial charge is 0.136 e. The van der Waals surface area contributed by atoms with Gasteiger partial charge in [-0.3, -0.25) is 9.69 Å². The van der Waals surface area contributed by atoms with Gasteiger partial charge >= 0.3 is 0 Å². The number of hydrogen-bond donors (Lipinski definition) is 0. The predicted octanol–water partition coefficient (Wildman–Crippen LogP) is 1.98. The van der Waals surface area contributed by atoms with Gasteiger partial charge in [0, 0.05) is 30.5 Å². The first-order chi connectivity index (χ1) is 5.94. The van der Waals surface area contributed by atoms with Crippen LogP contribution in [0, 0.1) is 0 Å². The third-order valence-electron chi connectivity index (χ3n) is 3.60. The molecule has 2 aliphatic rings. The van der Waals surface area contributed by atoms with Crippen LogP contribution in [0.5, 0.6) is 0 Å². The molecular weight excluding hydrogens is 162 g/mol. The zero-order valence-corrected chi connectivity index (χ0v) is 8.89. The molecule has 0 bridgehead atoms. The minimum atomic E-state index is 0.0978. The molecule has 1 aliphatic carbocycles. The quantitative estimate of drug-likeness (QED) is 0.616. The largest absolute Gasteiger partial charge is 0.300 e. The maximum absolute atomic E-state index is 11.3. The monoisotopic (exact) mass is 181 g/mol. The van der Waals surface area contributed by atoms with Crippen molar-refractivity contribution in [2.45, 2.75) is 57.5 Å². The van der Waals surface area contributed by atoms with E-state index in [-0.39, 0.29) is 5.54 Å². The van der Waals surface area contributed by atoms with Crippen molar-refractivity contribution in [3.63, 3.8) is 0 Å². The van der Waals surface area contributed by atoms with E-state index in [0.717, 1.165) is 19.4 Å². The summed E-state index contributed by atoms with van der Waals surface area (Å²) in [5.41, 5.74) is 0.519. The van der Waals surface area contributed by atoms with E-state index in [1.54, 1.807) is 0 Å². The standard InChI is InChI=1S/C11H19NO/c1-10(2)8-9(13)4-7-12(10)11(3)5-6-11/h4-8H2,1-3H3. The SMILES string of the molecule is CC1(C)CC(=O)CCN1C1(C)CC1. The van der Waals surface area contributed by atoms with E-state index in [1.807, 2.05) is 0 Å². The summed E-state index contributed by atoms with van der Waals surface area (Å²) in [4.78, 5) is 13.9. The zero-order valence-electron chi connectivity index (χ0n) is 8.89. The average molecular weight is 181 g/mol. The van der Waals surface area contributed by atoms with Gasteiger partial charge in [-0.05, 0) is 33.6 Å². The summed E-state index contributed by atoms with van der Waals surface area (Å²) in [6, 6.07) is 0. The zero-order chi connectivity index (χ0) is 9.69. The Morgan fingerprint density at radius 1 is 1.23 bits per heavy atom. The highest BCUT2D eigenvalue weighted by Crippen LogP contribution is 2.46. The van der Waals surface area contributed by atoms with Crippen molar-refractivity contribution < 1.29 is 4.79 Å². The molecule has 0 atom stereocenters.